The zero-order valence-corrected chi connectivity index (χ0v) is 16.9. The van der Waals surface area contributed by atoms with Crippen LogP contribution in [-0.2, 0) is 34.2 Å². The van der Waals surface area contributed by atoms with Gasteiger partial charge in [0.25, 0.3) is 0 Å². The fourth-order valence-electron chi connectivity index (χ4n) is 3.59. The smallest absolute Gasteiger partial charge is 0.228 e. The van der Waals surface area contributed by atoms with E-state index in [1.165, 1.54) is 0 Å². The summed E-state index contributed by atoms with van der Waals surface area (Å²) in [7, 11) is 1.86. The molecule has 30 heavy (non-hydrogen) atoms. The molecule has 2 aromatic heterocycles. The maximum absolute atomic E-state index is 12.9. The van der Waals surface area contributed by atoms with Crippen molar-refractivity contribution in [2.45, 2.75) is 12.8 Å². The van der Waals surface area contributed by atoms with Crippen LogP contribution >= 0.6 is 0 Å². The molecule has 2 amide bonds. The van der Waals surface area contributed by atoms with Crippen LogP contribution in [0, 0.1) is 5.92 Å². The molecular formula is C21H25N5O4. The van der Waals surface area contributed by atoms with Crippen molar-refractivity contribution in [3.8, 4) is 0 Å². The van der Waals surface area contributed by atoms with Crippen molar-refractivity contribution in [1.82, 2.24) is 25.2 Å². The summed E-state index contributed by atoms with van der Waals surface area (Å²) in [5.74, 6) is -0.599. The number of hydrogen-bond acceptors (Lipinski definition) is 6. The molecule has 1 unspecified atom stereocenters. The van der Waals surface area contributed by atoms with E-state index in [1.807, 2.05) is 37.5 Å². The molecule has 0 bridgehead atoms. The molecule has 1 fully saturated rings. The molecule has 4 rings (SSSR count). The minimum Gasteiger partial charge on any atom is -0.379 e. The van der Waals surface area contributed by atoms with Crippen LogP contribution in [0.1, 0.15) is 11.3 Å². The number of ether oxygens (including phenoxy) is 1. The third-order valence-corrected chi connectivity index (χ3v) is 5.23. The standard InChI is InChI=1S/C21H25N5O4/c1-25-12-15(11-23-25)6-7-22-21(28)16-13-26(8-9-29-14-16)20(27)10-18-17-4-2-3-5-19(17)30-24-18/h2-5,11-12,16H,6-10,13-14H2,1H3,(H,22,28). The zero-order chi connectivity index (χ0) is 20.9. The van der Waals surface area contributed by atoms with E-state index in [0.717, 1.165) is 10.9 Å². The van der Waals surface area contributed by atoms with Gasteiger partial charge in [-0.1, -0.05) is 17.3 Å². The number of aryl methyl sites for hydroxylation is 1. The molecule has 0 spiro atoms. The van der Waals surface area contributed by atoms with Gasteiger partial charge in [0.05, 0.1) is 31.7 Å². The molecule has 3 aromatic rings. The molecule has 0 radical (unpaired) electrons. The topological polar surface area (TPSA) is 102 Å². The van der Waals surface area contributed by atoms with Gasteiger partial charge in [-0.2, -0.15) is 5.10 Å². The number of carbonyl (C=O) groups excluding carboxylic acids is 2. The first-order valence-corrected chi connectivity index (χ1v) is 10.0. The number of nitrogens with zero attached hydrogens (tertiary/aromatic N) is 4. The van der Waals surface area contributed by atoms with Crippen LogP contribution in [0.3, 0.4) is 0 Å². The minimum atomic E-state index is -0.403. The number of benzene rings is 1. The Morgan fingerprint density at radius 1 is 1.30 bits per heavy atom. The van der Waals surface area contributed by atoms with E-state index in [9.17, 15) is 9.59 Å². The van der Waals surface area contributed by atoms with Gasteiger partial charge in [0.15, 0.2) is 5.58 Å². The molecule has 1 N–H and O–H groups in total. The van der Waals surface area contributed by atoms with Gasteiger partial charge in [0.2, 0.25) is 11.8 Å². The van der Waals surface area contributed by atoms with Gasteiger partial charge in [0, 0.05) is 38.3 Å². The first kappa shape index (κ1) is 20.1. The number of rotatable bonds is 6. The highest BCUT2D eigenvalue weighted by atomic mass is 16.5. The Balaban J connectivity index is 1.33. The van der Waals surface area contributed by atoms with E-state index in [0.29, 0.717) is 50.5 Å². The van der Waals surface area contributed by atoms with Crippen molar-refractivity contribution >= 4 is 22.8 Å². The van der Waals surface area contributed by atoms with Gasteiger partial charge in [-0.15, -0.1) is 0 Å². The lowest BCUT2D eigenvalue weighted by Gasteiger charge is -2.23. The van der Waals surface area contributed by atoms with Crippen LogP contribution in [0.15, 0.2) is 41.2 Å². The normalized spacial score (nSPS) is 17.1. The summed E-state index contributed by atoms with van der Waals surface area (Å²) in [6.45, 7) is 2.00. The van der Waals surface area contributed by atoms with E-state index >= 15 is 0 Å². The summed E-state index contributed by atoms with van der Waals surface area (Å²) in [5, 5.41) is 11.9. The van der Waals surface area contributed by atoms with Gasteiger partial charge in [-0.3, -0.25) is 14.3 Å². The summed E-state index contributed by atoms with van der Waals surface area (Å²) in [6, 6.07) is 7.46. The molecule has 0 saturated carbocycles. The van der Waals surface area contributed by atoms with Crippen molar-refractivity contribution in [2.75, 3.05) is 32.8 Å². The zero-order valence-electron chi connectivity index (χ0n) is 16.9. The number of fused-ring (bicyclic) bond motifs is 1. The monoisotopic (exact) mass is 411 g/mol. The lowest BCUT2D eigenvalue weighted by Crippen LogP contribution is -2.42. The Labute approximate surface area is 173 Å². The molecule has 1 saturated heterocycles. The molecule has 3 heterocycles. The van der Waals surface area contributed by atoms with E-state index in [-0.39, 0.29) is 18.2 Å². The Bertz CT molecular complexity index is 1030. The predicted molar refractivity (Wildman–Crippen MR) is 109 cm³/mol. The molecule has 1 aromatic carbocycles. The number of nitrogens with one attached hydrogen (secondary N) is 1. The molecule has 1 aliphatic rings. The summed E-state index contributed by atoms with van der Waals surface area (Å²) in [4.78, 5) is 27.2. The van der Waals surface area contributed by atoms with Gasteiger partial charge in [0.1, 0.15) is 5.69 Å². The Hall–Kier alpha value is -3.20. The third kappa shape index (κ3) is 4.68. The van der Waals surface area contributed by atoms with E-state index in [2.05, 4.69) is 15.6 Å². The fraction of sp³-hybridized carbons (Fsp3) is 0.429. The SMILES string of the molecule is Cn1cc(CCNC(=O)C2COCCN(C(=O)Cc3noc4ccccc34)C2)cn1. The highest BCUT2D eigenvalue weighted by molar-refractivity contribution is 5.87. The van der Waals surface area contributed by atoms with Crippen LogP contribution in [0.2, 0.25) is 0 Å². The van der Waals surface area contributed by atoms with E-state index < -0.39 is 5.92 Å². The Morgan fingerprint density at radius 2 is 2.17 bits per heavy atom. The molecule has 1 aliphatic heterocycles. The average Bonchev–Trinajstić information content (AvgIpc) is 3.25. The van der Waals surface area contributed by atoms with Crippen LogP contribution < -0.4 is 5.32 Å². The van der Waals surface area contributed by atoms with E-state index in [1.54, 1.807) is 15.8 Å². The number of para-hydroxylation sites is 1. The third-order valence-electron chi connectivity index (χ3n) is 5.23. The Kier molecular flexibility index (Phi) is 6.08. The maximum Gasteiger partial charge on any atom is 0.228 e. The van der Waals surface area contributed by atoms with Crippen molar-refractivity contribution in [3.05, 3.63) is 47.9 Å². The van der Waals surface area contributed by atoms with Crippen LogP contribution in [-0.4, -0.2) is 64.5 Å². The maximum atomic E-state index is 12.9. The van der Waals surface area contributed by atoms with Crippen molar-refractivity contribution in [3.63, 3.8) is 0 Å². The second kappa shape index (κ2) is 9.08. The molecule has 9 nitrogen and oxygen atoms in total. The Morgan fingerprint density at radius 3 is 3.00 bits per heavy atom. The van der Waals surface area contributed by atoms with E-state index in [4.69, 9.17) is 9.26 Å². The highest BCUT2D eigenvalue weighted by Crippen LogP contribution is 2.19. The number of carbonyl (C=O) groups is 2. The quantitative estimate of drug-likeness (QED) is 0.648. The van der Waals surface area contributed by atoms with Crippen LogP contribution in [0.25, 0.3) is 11.0 Å². The largest absolute Gasteiger partial charge is 0.379 e. The number of hydrogen-bond donors (Lipinski definition) is 1. The van der Waals surface area contributed by atoms with Gasteiger partial charge < -0.3 is 19.5 Å². The molecule has 1 atom stereocenters. The lowest BCUT2D eigenvalue weighted by molar-refractivity contribution is -0.132. The molecular weight excluding hydrogens is 386 g/mol. The molecule has 9 heteroatoms. The van der Waals surface area contributed by atoms with Crippen molar-refractivity contribution < 1.29 is 18.8 Å². The summed E-state index contributed by atoms with van der Waals surface area (Å²) in [5.41, 5.74) is 2.33. The minimum absolute atomic E-state index is 0.0901. The van der Waals surface area contributed by atoms with Crippen LogP contribution in [0.4, 0.5) is 0 Å². The summed E-state index contributed by atoms with van der Waals surface area (Å²) in [6.07, 6.45) is 4.55. The summed E-state index contributed by atoms with van der Waals surface area (Å²) >= 11 is 0. The highest BCUT2D eigenvalue weighted by Gasteiger charge is 2.28. The number of amides is 2. The first-order valence-electron chi connectivity index (χ1n) is 10.0. The molecule has 158 valence electrons. The van der Waals surface area contributed by atoms with Gasteiger partial charge >= 0.3 is 0 Å². The van der Waals surface area contributed by atoms with Gasteiger partial charge in [-0.05, 0) is 24.1 Å². The van der Waals surface area contributed by atoms with Gasteiger partial charge in [-0.25, -0.2) is 0 Å². The van der Waals surface area contributed by atoms with Crippen molar-refractivity contribution in [2.24, 2.45) is 13.0 Å². The average molecular weight is 411 g/mol. The van der Waals surface area contributed by atoms with Crippen LogP contribution in [0.5, 0.6) is 0 Å². The summed E-state index contributed by atoms with van der Waals surface area (Å²) < 4.78 is 12.6. The first-order chi connectivity index (χ1) is 14.6. The predicted octanol–water partition coefficient (Wildman–Crippen LogP) is 0.938. The van der Waals surface area contributed by atoms with Crippen molar-refractivity contribution in [1.29, 1.82) is 0 Å². The second-order valence-electron chi connectivity index (χ2n) is 7.48. The second-order valence-corrected chi connectivity index (χ2v) is 7.48. The lowest BCUT2D eigenvalue weighted by atomic mass is 10.1. The molecule has 0 aliphatic carbocycles. The fourth-order valence-corrected chi connectivity index (χ4v) is 3.59. The number of aromatic nitrogens is 3.